The summed E-state index contributed by atoms with van der Waals surface area (Å²) in [6.45, 7) is 5.42. The van der Waals surface area contributed by atoms with E-state index >= 15 is 0 Å². The van der Waals surface area contributed by atoms with Crippen LogP contribution in [0.15, 0.2) is 24.3 Å². The number of benzene rings is 1. The molecule has 1 atom stereocenters. The molecule has 76 valence electrons. The number of aryl methyl sites for hydroxylation is 1. The summed E-state index contributed by atoms with van der Waals surface area (Å²) >= 11 is 0. The number of hydrogen-bond donors (Lipinski definition) is 2. The van der Waals surface area contributed by atoms with Gasteiger partial charge in [-0.05, 0) is 18.9 Å². The van der Waals surface area contributed by atoms with E-state index in [9.17, 15) is 0 Å². The van der Waals surface area contributed by atoms with Crippen molar-refractivity contribution in [3.63, 3.8) is 0 Å². The quantitative estimate of drug-likeness (QED) is 0.729. The van der Waals surface area contributed by atoms with Crippen molar-refractivity contribution in [3.8, 4) is 0 Å². The first-order valence-corrected chi connectivity index (χ1v) is 5.34. The smallest absolute Gasteiger partial charge is 0.0233 e. The van der Waals surface area contributed by atoms with Gasteiger partial charge in [-0.25, -0.2) is 0 Å². The summed E-state index contributed by atoms with van der Waals surface area (Å²) in [5.41, 5.74) is 2.76. The van der Waals surface area contributed by atoms with Gasteiger partial charge in [0.25, 0.3) is 0 Å². The molecule has 0 aliphatic carbocycles. The molecule has 1 fully saturated rings. The largest absolute Gasteiger partial charge is 0.314 e. The first kappa shape index (κ1) is 9.69. The second-order valence-electron chi connectivity index (χ2n) is 4.04. The summed E-state index contributed by atoms with van der Waals surface area (Å²) in [6.07, 6.45) is 1.13. The second-order valence-corrected chi connectivity index (χ2v) is 4.04. The Morgan fingerprint density at radius 2 is 2.00 bits per heavy atom. The van der Waals surface area contributed by atoms with Crippen LogP contribution in [0.2, 0.25) is 0 Å². The van der Waals surface area contributed by atoms with E-state index in [0.717, 1.165) is 26.1 Å². The summed E-state index contributed by atoms with van der Waals surface area (Å²) < 4.78 is 0. The van der Waals surface area contributed by atoms with Crippen LogP contribution < -0.4 is 10.6 Å². The second kappa shape index (κ2) is 4.58. The molecule has 0 spiro atoms. The van der Waals surface area contributed by atoms with Crippen LogP contribution in [0.3, 0.4) is 0 Å². The molecule has 1 aromatic rings. The monoisotopic (exact) mass is 190 g/mol. The number of hydrogen-bond acceptors (Lipinski definition) is 2. The normalized spacial score (nSPS) is 22.2. The number of piperazine rings is 1. The Bertz CT molecular complexity index is 273. The minimum absolute atomic E-state index is 0.603. The zero-order chi connectivity index (χ0) is 9.80. The van der Waals surface area contributed by atoms with Crippen LogP contribution in [-0.2, 0) is 6.42 Å². The van der Waals surface area contributed by atoms with Crippen LogP contribution in [-0.4, -0.2) is 25.7 Å². The van der Waals surface area contributed by atoms with E-state index in [1.54, 1.807) is 0 Å². The van der Waals surface area contributed by atoms with Gasteiger partial charge in [-0.1, -0.05) is 29.8 Å². The van der Waals surface area contributed by atoms with Gasteiger partial charge in [-0.2, -0.15) is 0 Å². The van der Waals surface area contributed by atoms with Gasteiger partial charge in [0.15, 0.2) is 0 Å². The lowest BCUT2D eigenvalue weighted by Gasteiger charge is -2.24. The molecular formula is C12H18N2. The maximum absolute atomic E-state index is 3.52. The van der Waals surface area contributed by atoms with Crippen molar-refractivity contribution in [2.45, 2.75) is 19.4 Å². The third-order valence-electron chi connectivity index (χ3n) is 2.73. The molecule has 1 saturated heterocycles. The van der Waals surface area contributed by atoms with Crippen molar-refractivity contribution in [2.24, 2.45) is 0 Å². The highest BCUT2D eigenvalue weighted by Gasteiger charge is 2.11. The Kier molecular flexibility index (Phi) is 3.17. The van der Waals surface area contributed by atoms with E-state index in [2.05, 4.69) is 41.8 Å². The molecule has 0 radical (unpaired) electrons. The molecular weight excluding hydrogens is 172 g/mol. The standard InChI is InChI=1S/C12H18N2/c1-10-2-4-11(5-3-10)8-12-9-13-6-7-14-12/h2-5,12-14H,6-9H2,1H3. The fourth-order valence-electron chi connectivity index (χ4n) is 1.87. The predicted octanol–water partition coefficient (Wildman–Crippen LogP) is 1.10. The van der Waals surface area contributed by atoms with Gasteiger partial charge < -0.3 is 10.6 Å². The van der Waals surface area contributed by atoms with E-state index < -0.39 is 0 Å². The van der Waals surface area contributed by atoms with Gasteiger partial charge in [0, 0.05) is 25.7 Å². The molecule has 1 aromatic carbocycles. The molecule has 0 amide bonds. The SMILES string of the molecule is Cc1ccc(CC2CNCCN2)cc1. The Morgan fingerprint density at radius 1 is 1.21 bits per heavy atom. The average molecular weight is 190 g/mol. The molecule has 1 aliphatic rings. The van der Waals surface area contributed by atoms with Crippen molar-refractivity contribution in [1.29, 1.82) is 0 Å². The lowest BCUT2D eigenvalue weighted by molar-refractivity contribution is 0.416. The van der Waals surface area contributed by atoms with Gasteiger partial charge >= 0.3 is 0 Å². The molecule has 2 nitrogen and oxygen atoms in total. The van der Waals surface area contributed by atoms with Gasteiger partial charge in [0.1, 0.15) is 0 Å². The summed E-state index contributed by atoms with van der Waals surface area (Å²) in [5.74, 6) is 0. The third-order valence-corrected chi connectivity index (χ3v) is 2.73. The molecule has 0 saturated carbocycles. The minimum atomic E-state index is 0.603. The van der Waals surface area contributed by atoms with E-state index in [0.29, 0.717) is 6.04 Å². The summed E-state index contributed by atoms with van der Waals surface area (Å²) in [6, 6.07) is 9.43. The van der Waals surface area contributed by atoms with E-state index in [1.165, 1.54) is 11.1 Å². The Hall–Kier alpha value is -0.860. The van der Waals surface area contributed by atoms with Gasteiger partial charge in [-0.15, -0.1) is 0 Å². The summed E-state index contributed by atoms with van der Waals surface area (Å²) in [7, 11) is 0. The molecule has 14 heavy (non-hydrogen) atoms. The van der Waals surface area contributed by atoms with E-state index in [1.807, 2.05) is 0 Å². The van der Waals surface area contributed by atoms with Crippen LogP contribution in [0, 0.1) is 6.92 Å². The fourth-order valence-corrected chi connectivity index (χ4v) is 1.87. The van der Waals surface area contributed by atoms with Crippen LogP contribution in [0.1, 0.15) is 11.1 Å². The molecule has 1 heterocycles. The molecule has 2 heteroatoms. The minimum Gasteiger partial charge on any atom is -0.314 e. The van der Waals surface area contributed by atoms with Crippen molar-refractivity contribution in [2.75, 3.05) is 19.6 Å². The number of nitrogens with one attached hydrogen (secondary N) is 2. The summed E-state index contributed by atoms with van der Waals surface area (Å²) in [4.78, 5) is 0. The van der Waals surface area contributed by atoms with Crippen molar-refractivity contribution < 1.29 is 0 Å². The molecule has 1 unspecified atom stereocenters. The topological polar surface area (TPSA) is 24.1 Å². The molecule has 0 aromatic heterocycles. The number of rotatable bonds is 2. The van der Waals surface area contributed by atoms with Crippen LogP contribution in [0.25, 0.3) is 0 Å². The molecule has 2 N–H and O–H groups in total. The highest BCUT2D eigenvalue weighted by atomic mass is 15.0. The van der Waals surface area contributed by atoms with Crippen molar-refractivity contribution in [3.05, 3.63) is 35.4 Å². The first-order valence-electron chi connectivity index (χ1n) is 5.34. The van der Waals surface area contributed by atoms with Gasteiger partial charge in [0.2, 0.25) is 0 Å². The Labute approximate surface area is 85.7 Å². The first-order chi connectivity index (χ1) is 6.84. The Balaban J connectivity index is 1.92. The zero-order valence-corrected chi connectivity index (χ0v) is 8.72. The lowest BCUT2D eigenvalue weighted by atomic mass is 10.0. The average Bonchev–Trinajstić information content (AvgIpc) is 2.23. The van der Waals surface area contributed by atoms with Gasteiger partial charge in [-0.3, -0.25) is 0 Å². The summed E-state index contributed by atoms with van der Waals surface area (Å²) in [5, 5.41) is 6.92. The van der Waals surface area contributed by atoms with Crippen LogP contribution >= 0.6 is 0 Å². The maximum atomic E-state index is 3.52. The molecule has 0 bridgehead atoms. The molecule has 2 rings (SSSR count). The van der Waals surface area contributed by atoms with E-state index in [4.69, 9.17) is 0 Å². The fraction of sp³-hybridized carbons (Fsp3) is 0.500. The van der Waals surface area contributed by atoms with E-state index in [-0.39, 0.29) is 0 Å². The predicted molar refractivity (Wildman–Crippen MR) is 59.5 cm³/mol. The maximum Gasteiger partial charge on any atom is 0.0233 e. The zero-order valence-electron chi connectivity index (χ0n) is 8.72. The highest BCUT2D eigenvalue weighted by Crippen LogP contribution is 2.06. The Morgan fingerprint density at radius 3 is 2.64 bits per heavy atom. The van der Waals surface area contributed by atoms with Crippen LogP contribution in [0.4, 0.5) is 0 Å². The van der Waals surface area contributed by atoms with Crippen molar-refractivity contribution in [1.82, 2.24) is 10.6 Å². The third kappa shape index (κ3) is 2.56. The van der Waals surface area contributed by atoms with Gasteiger partial charge in [0.05, 0.1) is 0 Å². The highest BCUT2D eigenvalue weighted by molar-refractivity contribution is 5.22. The lowest BCUT2D eigenvalue weighted by Crippen LogP contribution is -2.49. The molecule has 1 aliphatic heterocycles. The van der Waals surface area contributed by atoms with Crippen LogP contribution in [0.5, 0.6) is 0 Å². The van der Waals surface area contributed by atoms with Crippen molar-refractivity contribution >= 4 is 0 Å².